The number of carbonyl (C=O) groups excluding carboxylic acids is 1. The fourth-order valence-corrected chi connectivity index (χ4v) is 2.04. The third-order valence-corrected chi connectivity index (χ3v) is 3.38. The number of unbranched alkanes of at least 4 members (excludes halogenated alkanes) is 2. The standard InChI is InChI=1S/C17H26FNO2/c1-3-5-11-19(12-6-4-2)13-14-21-17(20)15-7-9-16(18)10-8-15/h7-10H,3-6,11-14H2,1-2H3. The molecule has 0 saturated heterocycles. The molecule has 0 amide bonds. The van der Waals surface area contributed by atoms with Gasteiger partial charge in [-0.05, 0) is 50.2 Å². The van der Waals surface area contributed by atoms with Crippen LogP contribution in [0.15, 0.2) is 24.3 Å². The molecule has 0 aromatic heterocycles. The van der Waals surface area contributed by atoms with Crippen molar-refractivity contribution >= 4 is 5.97 Å². The Morgan fingerprint density at radius 3 is 2.14 bits per heavy atom. The van der Waals surface area contributed by atoms with Crippen molar-refractivity contribution in [2.45, 2.75) is 39.5 Å². The number of esters is 1. The number of carbonyl (C=O) groups is 1. The van der Waals surface area contributed by atoms with Crippen LogP contribution < -0.4 is 0 Å². The average Bonchev–Trinajstić information content (AvgIpc) is 2.50. The Balaban J connectivity index is 2.34. The van der Waals surface area contributed by atoms with Gasteiger partial charge in [0, 0.05) is 6.54 Å². The van der Waals surface area contributed by atoms with E-state index in [2.05, 4.69) is 18.7 Å². The Labute approximate surface area is 127 Å². The number of nitrogens with zero attached hydrogens (tertiary/aromatic N) is 1. The van der Waals surface area contributed by atoms with E-state index in [1.165, 1.54) is 24.3 Å². The van der Waals surface area contributed by atoms with Crippen LogP contribution in [0, 0.1) is 5.82 Å². The van der Waals surface area contributed by atoms with Crippen molar-refractivity contribution in [1.29, 1.82) is 0 Å². The van der Waals surface area contributed by atoms with Crippen LogP contribution in [-0.4, -0.2) is 37.1 Å². The normalized spacial score (nSPS) is 10.9. The topological polar surface area (TPSA) is 29.5 Å². The number of halogens is 1. The lowest BCUT2D eigenvalue weighted by atomic mass is 10.2. The number of rotatable bonds is 10. The second-order valence-electron chi connectivity index (χ2n) is 5.19. The average molecular weight is 295 g/mol. The summed E-state index contributed by atoms with van der Waals surface area (Å²) in [5.74, 6) is -0.738. The first-order valence-electron chi connectivity index (χ1n) is 7.82. The first kappa shape index (κ1) is 17.6. The summed E-state index contributed by atoms with van der Waals surface area (Å²) < 4.78 is 18.0. The van der Waals surface area contributed by atoms with Gasteiger partial charge in [-0.25, -0.2) is 9.18 Å². The zero-order valence-electron chi connectivity index (χ0n) is 13.1. The van der Waals surface area contributed by atoms with Gasteiger partial charge in [-0.3, -0.25) is 4.90 Å². The summed E-state index contributed by atoms with van der Waals surface area (Å²) in [4.78, 5) is 14.1. The van der Waals surface area contributed by atoms with Gasteiger partial charge >= 0.3 is 5.97 Å². The number of ether oxygens (including phenoxy) is 1. The summed E-state index contributed by atoms with van der Waals surface area (Å²) in [6.07, 6.45) is 4.65. The minimum Gasteiger partial charge on any atom is -0.461 e. The molecule has 1 rings (SSSR count). The molecule has 0 N–H and O–H groups in total. The van der Waals surface area contributed by atoms with E-state index < -0.39 is 0 Å². The van der Waals surface area contributed by atoms with Crippen LogP contribution in [0.5, 0.6) is 0 Å². The largest absolute Gasteiger partial charge is 0.461 e. The summed E-state index contributed by atoms with van der Waals surface area (Å²) >= 11 is 0. The van der Waals surface area contributed by atoms with Gasteiger partial charge in [0.25, 0.3) is 0 Å². The number of benzene rings is 1. The summed E-state index contributed by atoms with van der Waals surface area (Å²) in [7, 11) is 0. The Kier molecular flexibility index (Phi) is 8.67. The molecule has 21 heavy (non-hydrogen) atoms. The third kappa shape index (κ3) is 7.23. The Morgan fingerprint density at radius 2 is 1.62 bits per heavy atom. The molecular formula is C17H26FNO2. The van der Waals surface area contributed by atoms with E-state index in [0.717, 1.165) is 45.3 Å². The van der Waals surface area contributed by atoms with Crippen LogP contribution in [0.25, 0.3) is 0 Å². The zero-order valence-corrected chi connectivity index (χ0v) is 13.1. The maximum Gasteiger partial charge on any atom is 0.338 e. The van der Waals surface area contributed by atoms with Crippen molar-refractivity contribution in [3.8, 4) is 0 Å². The molecule has 0 heterocycles. The molecule has 0 aliphatic rings. The second-order valence-corrected chi connectivity index (χ2v) is 5.19. The number of hydrogen-bond donors (Lipinski definition) is 0. The molecule has 0 aliphatic carbocycles. The Bertz CT molecular complexity index is 398. The lowest BCUT2D eigenvalue weighted by Gasteiger charge is -2.21. The van der Waals surface area contributed by atoms with Gasteiger partial charge in [0.2, 0.25) is 0 Å². The summed E-state index contributed by atoms with van der Waals surface area (Å²) in [6, 6.07) is 5.43. The molecule has 1 aromatic carbocycles. The highest BCUT2D eigenvalue weighted by Gasteiger charge is 2.09. The van der Waals surface area contributed by atoms with Gasteiger partial charge < -0.3 is 4.74 Å². The lowest BCUT2D eigenvalue weighted by Crippen LogP contribution is -2.30. The van der Waals surface area contributed by atoms with Crippen LogP contribution >= 0.6 is 0 Å². The van der Waals surface area contributed by atoms with Crippen molar-refractivity contribution in [2.75, 3.05) is 26.2 Å². The molecule has 0 spiro atoms. The smallest absolute Gasteiger partial charge is 0.338 e. The predicted octanol–water partition coefficient (Wildman–Crippen LogP) is 3.88. The molecular weight excluding hydrogens is 269 g/mol. The minimum absolute atomic E-state index is 0.350. The van der Waals surface area contributed by atoms with Crippen LogP contribution in [0.1, 0.15) is 49.9 Å². The van der Waals surface area contributed by atoms with Crippen LogP contribution in [0.3, 0.4) is 0 Å². The van der Waals surface area contributed by atoms with Crippen LogP contribution in [0.4, 0.5) is 4.39 Å². The molecule has 4 heteroatoms. The van der Waals surface area contributed by atoms with Crippen molar-refractivity contribution in [1.82, 2.24) is 4.90 Å². The highest BCUT2D eigenvalue weighted by molar-refractivity contribution is 5.89. The van der Waals surface area contributed by atoms with Gasteiger partial charge in [0.1, 0.15) is 12.4 Å². The highest BCUT2D eigenvalue weighted by Crippen LogP contribution is 2.05. The minimum atomic E-state index is -0.388. The second kappa shape index (κ2) is 10.3. The molecule has 0 unspecified atom stereocenters. The molecule has 0 radical (unpaired) electrons. The van der Waals surface area contributed by atoms with E-state index in [4.69, 9.17) is 4.74 Å². The monoisotopic (exact) mass is 295 g/mol. The first-order valence-corrected chi connectivity index (χ1v) is 7.82. The predicted molar refractivity (Wildman–Crippen MR) is 82.9 cm³/mol. The van der Waals surface area contributed by atoms with E-state index in [-0.39, 0.29) is 11.8 Å². The Hall–Kier alpha value is -1.42. The summed E-state index contributed by atoms with van der Waals surface area (Å²) in [5, 5.41) is 0. The molecule has 118 valence electrons. The Morgan fingerprint density at radius 1 is 1.05 bits per heavy atom. The van der Waals surface area contributed by atoms with E-state index >= 15 is 0 Å². The van der Waals surface area contributed by atoms with Gasteiger partial charge in [-0.2, -0.15) is 0 Å². The zero-order chi connectivity index (χ0) is 15.5. The van der Waals surface area contributed by atoms with Gasteiger partial charge in [0.15, 0.2) is 0 Å². The molecule has 3 nitrogen and oxygen atoms in total. The third-order valence-electron chi connectivity index (χ3n) is 3.38. The number of hydrogen-bond acceptors (Lipinski definition) is 3. The quantitative estimate of drug-likeness (QED) is 0.613. The highest BCUT2D eigenvalue weighted by atomic mass is 19.1. The van der Waals surface area contributed by atoms with Crippen molar-refractivity contribution in [3.05, 3.63) is 35.6 Å². The SMILES string of the molecule is CCCCN(CCCC)CCOC(=O)c1ccc(F)cc1. The molecule has 0 bridgehead atoms. The van der Waals surface area contributed by atoms with Gasteiger partial charge in [0.05, 0.1) is 5.56 Å². The van der Waals surface area contributed by atoms with Crippen molar-refractivity contribution < 1.29 is 13.9 Å². The molecule has 0 saturated carbocycles. The molecule has 1 aromatic rings. The maximum atomic E-state index is 12.8. The lowest BCUT2D eigenvalue weighted by molar-refractivity contribution is 0.0460. The van der Waals surface area contributed by atoms with E-state index in [9.17, 15) is 9.18 Å². The van der Waals surface area contributed by atoms with Crippen LogP contribution in [-0.2, 0) is 4.74 Å². The summed E-state index contributed by atoms with van der Waals surface area (Å²) in [5.41, 5.74) is 0.394. The molecule has 0 fully saturated rings. The van der Waals surface area contributed by atoms with Crippen LogP contribution in [0.2, 0.25) is 0 Å². The van der Waals surface area contributed by atoms with Crippen molar-refractivity contribution in [3.63, 3.8) is 0 Å². The van der Waals surface area contributed by atoms with Gasteiger partial charge in [-0.1, -0.05) is 26.7 Å². The fourth-order valence-electron chi connectivity index (χ4n) is 2.04. The van der Waals surface area contributed by atoms with Gasteiger partial charge in [-0.15, -0.1) is 0 Å². The fraction of sp³-hybridized carbons (Fsp3) is 0.588. The van der Waals surface area contributed by atoms with Crippen molar-refractivity contribution in [2.24, 2.45) is 0 Å². The van der Waals surface area contributed by atoms with E-state index in [1.54, 1.807) is 0 Å². The summed E-state index contributed by atoms with van der Waals surface area (Å²) in [6.45, 7) is 7.57. The van der Waals surface area contributed by atoms with E-state index in [1.807, 2.05) is 0 Å². The van der Waals surface area contributed by atoms with E-state index in [0.29, 0.717) is 12.2 Å². The molecule has 0 atom stereocenters. The first-order chi connectivity index (χ1) is 10.2. The molecule has 0 aliphatic heterocycles. The maximum absolute atomic E-state index is 12.8.